The summed E-state index contributed by atoms with van der Waals surface area (Å²) in [7, 11) is 0. The Bertz CT molecular complexity index is 245. The Morgan fingerprint density at radius 3 is 2.83 bits per heavy atom. The minimum absolute atomic E-state index is 0.114. The van der Waals surface area contributed by atoms with Crippen LogP contribution in [0.2, 0.25) is 0 Å². The molecule has 0 aliphatic carbocycles. The zero-order valence-electron chi connectivity index (χ0n) is 7.45. The predicted octanol–water partition coefficient (Wildman–Crippen LogP) is 2.31. The molecular weight excluding hydrogens is 152 g/mol. The van der Waals surface area contributed by atoms with Crippen molar-refractivity contribution >= 4 is 6.08 Å². The molecule has 0 fully saturated rings. The summed E-state index contributed by atoms with van der Waals surface area (Å²) in [4.78, 5) is 0. The van der Waals surface area contributed by atoms with Crippen LogP contribution >= 0.6 is 0 Å². The van der Waals surface area contributed by atoms with Crippen LogP contribution in [0.4, 0.5) is 0 Å². The molecule has 0 amide bonds. The van der Waals surface area contributed by atoms with E-state index in [0.29, 0.717) is 5.92 Å². The van der Waals surface area contributed by atoms with Gasteiger partial charge in [-0.15, -0.1) is 0 Å². The van der Waals surface area contributed by atoms with E-state index >= 15 is 0 Å². The van der Waals surface area contributed by atoms with Crippen LogP contribution in [-0.2, 0) is 0 Å². The highest BCUT2D eigenvalue weighted by molar-refractivity contribution is 5.51. The lowest BCUT2D eigenvalue weighted by atomic mass is 10.0. The fourth-order valence-electron chi connectivity index (χ4n) is 0.966. The van der Waals surface area contributed by atoms with E-state index < -0.39 is 0 Å². The highest BCUT2D eigenvalue weighted by atomic mass is 16.3. The molecule has 0 aliphatic rings. The summed E-state index contributed by atoms with van der Waals surface area (Å²) in [6, 6.07) is 1.87. The summed E-state index contributed by atoms with van der Waals surface area (Å²) in [5.74, 6) is 0.380. The second-order valence-corrected chi connectivity index (χ2v) is 3.09. The minimum atomic E-state index is 0.114. The number of aliphatic hydroxyl groups is 1. The van der Waals surface area contributed by atoms with E-state index in [0.717, 1.165) is 11.1 Å². The van der Waals surface area contributed by atoms with Gasteiger partial charge in [-0.25, -0.2) is 0 Å². The van der Waals surface area contributed by atoms with E-state index in [4.69, 9.17) is 9.52 Å². The molecule has 2 nitrogen and oxygen atoms in total. The third-order valence-corrected chi connectivity index (χ3v) is 1.82. The van der Waals surface area contributed by atoms with E-state index in [9.17, 15) is 0 Å². The first kappa shape index (κ1) is 9.07. The largest absolute Gasteiger partial charge is 0.472 e. The van der Waals surface area contributed by atoms with Gasteiger partial charge in [0.1, 0.15) is 0 Å². The maximum Gasteiger partial charge on any atom is 0.0974 e. The molecule has 66 valence electrons. The Morgan fingerprint density at radius 2 is 2.42 bits per heavy atom. The van der Waals surface area contributed by atoms with Crippen LogP contribution in [0, 0.1) is 5.92 Å². The maximum atomic E-state index is 9.00. The van der Waals surface area contributed by atoms with E-state index in [1.54, 1.807) is 12.5 Å². The van der Waals surface area contributed by atoms with Gasteiger partial charge in [0.2, 0.25) is 0 Å². The molecule has 12 heavy (non-hydrogen) atoms. The zero-order chi connectivity index (χ0) is 8.97. The van der Waals surface area contributed by atoms with Crippen LogP contribution in [0.15, 0.2) is 28.6 Å². The lowest BCUT2D eigenvalue weighted by Gasteiger charge is -2.06. The van der Waals surface area contributed by atoms with Gasteiger partial charge in [-0.3, -0.25) is 0 Å². The van der Waals surface area contributed by atoms with Gasteiger partial charge >= 0.3 is 0 Å². The number of hydrogen-bond acceptors (Lipinski definition) is 2. The molecule has 0 bridgehead atoms. The lowest BCUT2D eigenvalue weighted by molar-refractivity contribution is 0.320. The van der Waals surface area contributed by atoms with Crippen LogP contribution in [0.3, 0.4) is 0 Å². The van der Waals surface area contributed by atoms with E-state index in [-0.39, 0.29) is 6.61 Å². The van der Waals surface area contributed by atoms with Crippen LogP contribution in [0.5, 0.6) is 0 Å². The van der Waals surface area contributed by atoms with Crippen LogP contribution < -0.4 is 0 Å². The van der Waals surface area contributed by atoms with Crippen molar-refractivity contribution in [1.82, 2.24) is 0 Å². The third kappa shape index (κ3) is 2.24. The molecule has 0 atom stereocenters. The molecule has 0 unspecified atom stereocenters. The normalized spacial score (nSPS) is 12.5. The summed E-state index contributed by atoms with van der Waals surface area (Å²) in [6.45, 7) is 4.23. The molecule has 1 aromatic heterocycles. The van der Waals surface area contributed by atoms with Crippen molar-refractivity contribution in [1.29, 1.82) is 0 Å². The molecular formula is C10H14O2. The number of hydrogen-bond donors (Lipinski definition) is 1. The van der Waals surface area contributed by atoms with Crippen LogP contribution in [0.1, 0.15) is 19.4 Å². The molecule has 1 aromatic rings. The van der Waals surface area contributed by atoms with Crippen molar-refractivity contribution in [2.45, 2.75) is 13.8 Å². The van der Waals surface area contributed by atoms with Crippen molar-refractivity contribution in [3.63, 3.8) is 0 Å². The number of rotatable bonds is 3. The van der Waals surface area contributed by atoms with Gasteiger partial charge in [0.05, 0.1) is 19.1 Å². The lowest BCUT2D eigenvalue weighted by Crippen LogP contribution is -1.98. The number of aliphatic hydroxyl groups excluding tert-OH is 1. The molecule has 0 saturated carbocycles. The van der Waals surface area contributed by atoms with E-state index in [1.807, 2.05) is 12.1 Å². The Labute approximate surface area is 72.5 Å². The quantitative estimate of drug-likeness (QED) is 0.747. The summed E-state index contributed by atoms with van der Waals surface area (Å²) < 4.78 is 4.91. The molecule has 1 N–H and O–H groups in total. The van der Waals surface area contributed by atoms with Crippen molar-refractivity contribution in [3.8, 4) is 0 Å². The van der Waals surface area contributed by atoms with E-state index in [2.05, 4.69) is 13.8 Å². The standard InChI is InChI=1S/C10H14O2/c1-8(2)10(6-11)5-9-3-4-12-7-9/h3-5,7-8,11H,6H2,1-2H3. The summed E-state index contributed by atoms with van der Waals surface area (Å²) in [5.41, 5.74) is 2.03. The van der Waals surface area contributed by atoms with Gasteiger partial charge in [0.25, 0.3) is 0 Å². The van der Waals surface area contributed by atoms with Gasteiger partial charge in [-0.05, 0) is 17.6 Å². The Hall–Kier alpha value is -1.02. The molecule has 0 aliphatic heterocycles. The molecule has 1 rings (SSSR count). The van der Waals surface area contributed by atoms with Gasteiger partial charge in [0.15, 0.2) is 0 Å². The number of furan rings is 1. The maximum absolute atomic E-state index is 9.00. The van der Waals surface area contributed by atoms with Gasteiger partial charge < -0.3 is 9.52 Å². The zero-order valence-corrected chi connectivity index (χ0v) is 7.45. The summed E-state index contributed by atoms with van der Waals surface area (Å²) in [5, 5.41) is 9.00. The van der Waals surface area contributed by atoms with Gasteiger partial charge in [0, 0.05) is 5.56 Å². The van der Waals surface area contributed by atoms with Crippen molar-refractivity contribution < 1.29 is 9.52 Å². The summed E-state index contributed by atoms with van der Waals surface area (Å²) >= 11 is 0. The highest BCUT2D eigenvalue weighted by Gasteiger charge is 2.01. The SMILES string of the molecule is CC(C)C(=Cc1ccoc1)CO. The van der Waals surface area contributed by atoms with Crippen molar-refractivity contribution in [2.24, 2.45) is 5.92 Å². The van der Waals surface area contributed by atoms with Gasteiger partial charge in [-0.2, -0.15) is 0 Å². The van der Waals surface area contributed by atoms with E-state index in [1.165, 1.54) is 0 Å². The van der Waals surface area contributed by atoms with Crippen LogP contribution in [0.25, 0.3) is 6.08 Å². The third-order valence-electron chi connectivity index (χ3n) is 1.82. The molecule has 0 saturated heterocycles. The summed E-state index contributed by atoms with van der Waals surface area (Å²) in [6.07, 6.45) is 5.24. The molecule has 0 spiro atoms. The van der Waals surface area contributed by atoms with Crippen molar-refractivity contribution in [2.75, 3.05) is 6.61 Å². The Morgan fingerprint density at radius 1 is 1.67 bits per heavy atom. The topological polar surface area (TPSA) is 33.4 Å². The monoisotopic (exact) mass is 166 g/mol. The average molecular weight is 166 g/mol. The molecule has 2 heteroatoms. The second kappa shape index (κ2) is 4.12. The predicted molar refractivity (Wildman–Crippen MR) is 48.6 cm³/mol. The second-order valence-electron chi connectivity index (χ2n) is 3.09. The van der Waals surface area contributed by atoms with Crippen molar-refractivity contribution in [3.05, 3.63) is 29.7 Å². The minimum Gasteiger partial charge on any atom is -0.472 e. The first-order valence-corrected chi connectivity index (χ1v) is 4.07. The highest BCUT2D eigenvalue weighted by Crippen LogP contribution is 2.13. The smallest absolute Gasteiger partial charge is 0.0974 e. The molecule has 1 heterocycles. The Kier molecular flexibility index (Phi) is 3.11. The molecule has 0 aromatic carbocycles. The Balaban J connectivity index is 2.78. The fourth-order valence-corrected chi connectivity index (χ4v) is 0.966. The first-order chi connectivity index (χ1) is 5.74. The first-order valence-electron chi connectivity index (χ1n) is 4.07. The average Bonchev–Trinajstić information content (AvgIpc) is 2.51. The van der Waals surface area contributed by atoms with Crippen LogP contribution in [-0.4, -0.2) is 11.7 Å². The fraction of sp³-hybridized carbons (Fsp3) is 0.400. The van der Waals surface area contributed by atoms with Gasteiger partial charge in [-0.1, -0.05) is 19.9 Å². The molecule has 0 radical (unpaired) electrons.